The standard InChI is InChI=1S/C34H30ClFN4OS/c35-28-13-7-8-14-33(28)42-40-26-16-18-31(29(36)22-26)41-32-21-24(23-9-3-1-4-10-23)15-17-27(32)30-19-20-37-34(39-30)38-25-11-5-2-6-12-25/h1,3-4,7-10,13-22,25,40H,2,5-6,11-12H2,(H,37,38,39). The van der Waals surface area contributed by atoms with Crippen molar-refractivity contribution in [3.63, 3.8) is 0 Å². The number of benzene rings is 4. The zero-order chi connectivity index (χ0) is 28.7. The van der Waals surface area contributed by atoms with Crippen LogP contribution in [-0.4, -0.2) is 16.0 Å². The summed E-state index contributed by atoms with van der Waals surface area (Å²) in [6.07, 6.45) is 7.70. The Hall–Kier alpha value is -4.07. The summed E-state index contributed by atoms with van der Waals surface area (Å²) >= 11 is 7.57. The number of rotatable bonds is 9. The molecule has 0 unspecified atom stereocenters. The minimum absolute atomic E-state index is 0.115. The molecule has 42 heavy (non-hydrogen) atoms. The maximum Gasteiger partial charge on any atom is 0.223 e. The highest BCUT2D eigenvalue weighted by Crippen LogP contribution is 2.38. The molecular weight excluding hydrogens is 567 g/mol. The Morgan fingerprint density at radius 2 is 1.62 bits per heavy atom. The van der Waals surface area contributed by atoms with Gasteiger partial charge in [-0.25, -0.2) is 14.4 Å². The summed E-state index contributed by atoms with van der Waals surface area (Å²) in [6.45, 7) is 0. The largest absolute Gasteiger partial charge is 0.454 e. The highest BCUT2D eigenvalue weighted by Gasteiger charge is 2.17. The Morgan fingerprint density at radius 1 is 0.810 bits per heavy atom. The van der Waals surface area contributed by atoms with Gasteiger partial charge in [-0.15, -0.1) is 0 Å². The first kappa shape index (κ1) is 28.1. The van der Waals surface area contributed by atoms with Crippen LogP contribution in [-0.2, 0) is 0 Å². The van der Waals surface area contributed by atoms with Crippen molar-refractivity contribution in [1.82, 2.24) is 9.97 Å². The second-order valence-corrected chi connectivity index (χ2v) is 11.5. The predicted octanol–water partition coefficient (Wildman–Crippen LogP) is 10.3. The van der Waals surface area contributed by atoms with Crippen molar-refractivity contribution in [2.45, 2.75) is 43.0 Å². The molecule has 8 heteroatoms. The van der Waals surface area contributed by atoms with Gasteiger partial charge in [0.2, 0.25) is 5.95 Å². The van der Waals surface area contributed by atoms with E-state index in [1.165, 1.54) is 37.3 Å². The minimum Gasteiger partial charge on any atom is -0.454 e. The summed E-state index contributed by atoms with van der Waals surface area (Å²) in [7, 11) is 0. The van der Waals surface area contributed by atoms with E-state index in [0.717, 1.165) is 34.4 Å². The quantitative estimate of drug-likeness (QED) is 0.165. The van der Waals surface area contributed by atoms with Gasteiger partial charge >= 0.3 is 0 Å². The molecule has 0 radical (unpaired) electrons. The summed E-state index contributed by atoms with van der Waals surface area (Å²) in [4.78, 5) is 10.1. The first-order chi connectivity index (χ1) is 20.6. The van der Waals surface area contributed by atoms with Crippen LogP contribution < -0.4 is 14.8 Å². The smallest absolute Gasteiger partial charge is 0.223 e. The van der Waals surface area contributed by atoms with E-state index in [4.69, 9.17) is 21.3 Å². The number of anilines is 2. The molecule has 1 aliphatic rings. The molecule has 0 saturated heterocycles. The van der Waals surface area contributed by atoms with Crippen molar-refractivity contribution < 1.29 is 9.13 Å². The third-order valence-corrected chi connectivity index (χ3v) is 8.58. The van der Waals surface area contributed by atoms with E-state index in [2.05, 4.69) is 15.0 Å². The highest BCUT2D eigenvalue weighted by atomic mass is 35.5. The van der Waals surface area contributed by atoms with E-state index in [9.17, 15) is 0 Å². The lowest BCUT2D eigenvalue weighted by Crippen LogP contribution is -2.23. The molecule has 1 fully saturated rings. The monoisotopic (exact) mass is 596 g/mol. The Morgan fingerprint density at radius 3 is 2.43 bits per heavy atom. The van der Waals surface area contributed by atoms with E-state index in [1.54, 1.807) is 18.3 Å². The van der Waals surface area contributed by atoms with Crippen molar-refractivity contribution in [3.05, 3.63) is 114 Å². The van der Waals surface area contributed by atoms with Gasteiger partial charge < -0.3 is 14.8 Å². The fraction of sp³-hybridized carbons (Fsp3) is 0.176. The van der Waals surface area contributed by atoms with E-state index in [0.29, 0.717) is 34.1 Å². The first-order valence-corrected chi connectivity index (χ1v) is 15.3. The number of hydrogen-bond acceptors (Lipinski definition) is 6. The Labute approximate surface area is 254 Å². The van der Waals surface area contributed by atoms with Crippen LogP contribution in [0.2, 0.25) is 5.02 Å². The number of nitrogens with zero attached hydrogens (tertiary/aromatic N) is 2. The molecule has 4 aromatic carbocycles. The normalized spacial score (nSPS) is 13.5. The number of halogens is 2. The van der Waals surface area contributed by atoms with Crippen LogP contribution >= 0.6 is 23.5 Å². The second kappa shape index (κ2) is 13.3. The van der Waals surface area contributed by atoms with Crippen LogP contribution in [0, 0.1) is 5.82 Å². The van der Waals surface area contributed by atoms with Crippen molar-refractivity contribution in [2.24, 2.45) is 0 Å². The molecule has 1 aromatic heterocycles. The lowest BCUT2D eigenvalue weighted by molar-refractivity contribution is 0.444. The van der Waals surface area contributed by atoms with Crippen LogP contribution in [0.4, 0.5) is 16.0 Å². The van der Waals surface area contributed by atoms with Crippen molar-refractivity contribution in [3.8, 4) is 33.9 Å². The number of hydrogen-bond donors (Lipinski definition) is 2. The highest BCUT2D eigenvalue weighted by molar-refractivity contribution is 8.00. The van der Waals surface area contributed by atoms with Gasteiger partial charge in [-0.2, -0.15) is 0 Å². The fourth-order valence-electron chi connectivity index (χ4n) is 5.04. The number of nitrogens with one attached hydrogen (secondary N) is 2. The Kier molecular flexibility index (Phi) is 8.87. The maximum absolute atomic E-state index is 15.4. The first-order valence-electron chi connectivity index (χ1n) is 14.1. The molecule has 0 spiro atoms. The fourth-order valence-corrected chi connectivity index (χ4v) is 5.96. The molecule has 1 heterocycles. The van der Waals surface area contributed by atoms with Crippen molar-refractivity contribution in [1.29, 1.82) is 0 Å². The average Bonchev–Trinajstić information content (AvgIpc) is 3.03. The van der Waals surface area contributed by atoms with Crippen LogP contribution in [0.15, 0.2) is 108 Å². The van der Waals surface area contributed by atoms with Gasteiger partial charge in [0.1, 0.15) is 5.75 Å². The molecule has 0 amide bonds. The van der Waals surface area contributed by atoms with Gasteiger partial charge in [0.15, 0.2) is 11.6 Å². The topological polar surface area (TPSA) is 59.1 Å². The number of aromatic nitrogens is 2. The molecule has 5 nitrogen and oxygen atoms in total. The van der Waals surface area contributed by atoms with E-state index >= 15 is 4.39 Å². The van der Waals surface area contributed by atoms with Gasteiger partial charge in [-0.1, -0.05) is 79.4 Å². The summed E-state index contributed by atoms with van der Waals surface area (Å²) in [5, 5.41) is 4.13. The average molecular weight is 597 g/mol. The van der Waals surface area contributed by atoms with Gasteiger partial charge in [0.25, 0.3) is 0 Å². The molecule has 2 N–H and O–H groups in total. The second-order valence-electron chi connectivity index (χ2n) is 10.2. The molecule has 0 aliphatic heterocycles. The van der Waals surface area contributed by atoms with Gasteiger partial charge in [0.05, 0.1) is 10.7 Å². The molecule has 5 aromatic rings. The molecule has 0 atom stereocenters. The molecular formula is C34H30ClFN4OS. The Balaban J connectivity index is 1.28. The van der Waals surface area contributed by atoms with Gasteiger partial charge in [0, 0.05) is 34.5 Å². The molecule has 0 bridgehead atoms. The maximum atomic E-state index is 15.4. The van der Waals surface area contributed by atoms with Crippen LogP contribution in [0.1, 0.15) is 32.1 Å². The summed E-state index contributed by atoms with van der Waals surface area (Å²) in [5.41, 5.74) is 4.04. The lowest BCUT2D eigenvalue weighted by atomic mass is 9.96. The van der Waals surface area contributed by atoms with Crippen LogP contribution in [0.3, 0.4) is 0 Å². The van der Waals surface area contributed by atoms with E-state index in [1.807, 2.05) is 78.9 Å². The molecule has 1 aliphatic carbocycles. The molecule has 6 rings (SSSR count). The van der Waals surface area contributed by atoms with E-state index < -0.39 is 5.82 Å². The van der Waals surface area contributed by atoms with Gasteiger partial charge in [-0.3, -0.25) is 0 Å². The van der Waals surface area contributed by atoms with Crippen molar-refractivity contribution >= 4 is 35.2 Å². The molecule has 1 saturated carbocycles. The lowest BCUT2D eigenvalue weighted by Gasteiger charge is -2.22. The van der Waals surface area contributed by atoms with Crippen LogP contribution in [0.5, 0.6) is 11.5 Å². The third-order valence-electron chi connectivity index (χ3n) is 7.23. The predicted molar refractivity (Wildman–Crippen MR) is 171 cm³/mol. The number of ether oxygens (including phenoxy) is 1. The summed E-state index contributed by atoms with van der Waals surface area (Å²) < 4.78 is 24.8. The van der Waals surface area contributed by atoms with Crippen molar-refractivity contribution in [2.75, 3.05) is 10.0 Å². The SMILES string of the molecule is Fc1cc(NSc2ccccc2Cl)ccc1Oc1cc(-c2ccccc2)ccc1-c1ccnc(NC2CCCCC2)n1. The molecule has 212 valence electrons. The van der Waals surface area contributed by atoms with Crippen LogP contribution in [0.25, 0.3) is 22.4 Å². The Bertz CT molecular complexity index is 1660. The summed E-state index contributed by atoms with van der Waals surface area (Å²) in [5.74, 6) is 0.723. The van der Waals surface area contributed by atoms with Gasteiger partial charge in [-0.05, 0) is 78.4 Å². The third kappa shape index (κ3) is 6.86. The summed E-state index contributed by atoms with van der Waals surface area (Å²) in [6, 6.07) is 30.5. The zero-order valence-corrected chi connectivity index (χ0v) is 24.5. The minimum atomic E-state index is -0.488. The van der Waals surface area contributed by atoms with E-state index in [-0.39, 0.29) is 5.75 Å². The zero-order valence-electron chi connectivity index (χ0n) is 22.9.